The molecule has 0 aliphatic heterocycles. The Bertz CT molecular complexity index is 601. The van der Waals surface area contributed by atoms with Crippen molar-refractivity contribution < 1.29 is 13.3 Å². The molecule has 118 valence electrons. The van der Waals surface area contributed by atoms with Crippen LogP contribution in [-0.2, 0) is 9.84 Å². The van der Waals surface area contributed by atoms with Crippen LogP contribution in [0.3, 0.4) is 0 Å². The summed E-state index contributed by atoms with van der Waals surface area (Å²) < 4.78 is 23.4. The molecule has 1 unspecified atom stereocenters. The number of nitrogens with zero attached hydrogens (tertiary/aromatic N) is 1. The quantitative estimate of drug-likeness (QED) is 0.559. The smallest absolute Gasteiger partial charge is 0.310 e. The lowest BCUT2D eigenvalue weighted by molar-refractivity contribution is -0.386. The van der Waals surface area contributed by atoms with Crippen molar-refractivity contribution in [1.82, 2.24) is 0 Å². The minimum atomic E-state index is -3.67. The molecular weight excluding hydrogens is 294 g/mol. The zero-order chi connectivity index (χ0) is 16.0. The zero-order valence-electron chi connectivity index (χ0n) is 12.2. The predicted octanol–water partition coefficient (Wildman–Crippen LogP) is 1.93. The molecule has 0 saturated carbocycles. The number of nitrogens with one attached hydrogen (secondary N) is 1. The molecule has 0 amide bonds. The normalized spacial score (nSPS) is 12.9. The number of para-hydroxylation sites is 1. The van der Waals surface area contributed by atoms with Gasteiger partial charge in [-0.05, 0) is 18.6 Å². The van der Waals surface area contributed by atoms with E-state index in [0.717, 1.165) is 25.5 Å². The molecule has 8 heteroatoms. The summed E-state index contributed by atoms with van der Waals surface area (Å²) >= 11 is 0. The van der Waals surface area contributed by atoms with Gasteiger partial charge in [0.2, 0.25) is 0 Å². The van der Waals surface area contributed by atoms with Crippen molar-refractivity contribution in [3.8, 4) is 0 Å². The highest BCUT2D eigenvalue weighted by Crippen LogP contribution is 2.32. The summed E-state index contributed by atoms with van der Waals surface area (Å²) in [5, 5.41) is 14.2. The van der Waals surface area contributed by atoms with Crippen LogP contribution in [0.25, 0.3) is 0 Å². The maximum atomic E-state index is 11.7. The maximum Gasteiger partial charge on any atom is 0.310 e. The number of unbranched alkanes of at least 4 members (excludes halogenated alkanes) is 1. The van der Waals surface area contributed by atoms with Crippen molar-refractivity contribution in [3.05, 3.63) is 28.3 Å². The number of nitro groups is 1. The summed E-state index contributed by atoms with van der Waals surface area (Å²) in [6.07, 6.45) is 3.65. The summed E-state index contributed by atoms with van der Waals surface area (Å²) in [6, 6.07) is 4.10. The first kappa shape index (κ1) is 17.4. The largest absolute Gasteiger partial charge is 0.375 e. The number of nitrogens with two attached hydrogens (primary N) is 1. The van der Waals surface area contributed by atoms with Gasteiger partial charge >= 0.3 is 5.69 Å². The summed E-state index contributed by atoms with van der Waals surface area (Å²) in [6.45, 7) is 2.36. The van der Waals surface area contributed by atoms with Crippen molar-refractivity contribution in [3.63, 3.8) is 0 Å². The molecule has 1 aromatic carbocycles. The Labute approximate surface area is 124 Å². The van der Waals surface area contributed by atoms with Gasteiger partial charge in [-0.2, -0.15) is 0 Å². The standard InChI is InChI=1S/C13H21N3O4S/c1-3-4-6-10(9-14)15-11-7-5-8-12(21(2,19)20)13(11)16(17)18/h5,7-8,10,15H,3-4,6,9,14H2,1-2H3. The Morgan fingerprint density at radius 1 is 1.43 bits per heavy atom. The molecule has 0 heterocycles. The lowest BCUT2D eigenvalue weighted by Crippen LogP contribution is -2.29. The van der Waals surface area contributed by atoms with Crippen LogP contribution in [0.15, 0.2) is 23.1 Å². The number of sulfone groups is 1. The van der Waals surface area contributed by atoms with Gasteiger partial charge in [0.1, 0.15) is 10.6 Å². The van der Waals surface area contributed by atoms with Crippen LogP contribution in [0.4, 0.5) is 11.4 Å². The molecule has 0 radical (unpaired) electrons. The van der Waals surface area contributed by atoms with E-state index >= 15 is 0 Å². The second-order valence-corrected chi connectivity index (χ2v) is 6.88. The predicted molar refractivity (Wildman–Crippen MR) is 82.2 cm³/mol. The highest BCUT2D eigenvalue weighted by molar-refractivity contribution is 7.90. The first-order valence-corrected chi connectivity index (χ1v) is 8.64. The zero-order valence-corrected chi connectivity index (χ0v) is 13.0. The first-order chi connectivity index (χ1) is 9.81. The number of hydrogen-bond donors (Lipinski definition) is 2. The fourth-order valence-corrected chi connectivity index (χ4v) is 2.91. The van der Waals surface area contributed by atoms with E-state index in [1.807, 2.05) is 6.92 Å². The minimum Gasteiger partial charge on any atom is -0.375 e. The van der Waals surface area contributed by atoms with Crippen molar-refractivity contribution >= 4 is 21.2 Å². The Morgan fingerprint density at radius 3 is 2.57 bits per heavy atom. The molecule has 7 nitrogen and oxygen atoms in total. The summed E-state index contributed by atoms with van der Waals surface area (Å²) in [7, 11) is -3.67. The van der Waals surface area contributed by atoms with E-state index in [2.05, 4.69) is 5.32 Å². The van der Waals surface area contributed by atoms with E-state index in [1.54, 1.807) is 0 Å². The third kappa shape index (κ3) is 4.68. The van der Waals surface area contributed by atoms with Gasteiger partial charge in [0, 0.05) is 18.8 Å². The van der Waals surface area contributed by atoms with Gasteiger partial charge in [0.05, 0.1) is 4.92 Å². The molecule has 0 aromatic heterocycles. The average molecular weight is 315 g/mol. The van der Waals surface area contributed by atoms with Gasteiger partial charge in [0.15, 0.2) is 9.84 Å². The molecule has 0 aliphatic rings. The van der Waals surface area contributed by atoms with Crippen molar-refractivity contribution in [1.29, 1.82) is 0 Å². The lowest BCUT2D eigenvalue weighted by atomic mass is 10.1. The van der Waals surface area contributed by atoms with Crippen molar-refractivity contribution in [2.24, 2.45) is 5.73 Å². The molecule has 0 bridgehead atoms. The van der Waals surface area contributed by atoms with Gasteiger partial charge in [0.25, 0.3) is 0 Å². The number of rotatable bonds is 8. The van der Waals surface area contributed by atoms with Crippen LogP contribution in [0.1, 0.15) is 26.2 Å². The van der Waals surface area contributed by atoms with E-state index in [0.29, 0.717) is 6.54 Å². The second kappa shape index (κ2) is 7.37. The van der Waals surface area contributed by atoms with Crippen molar-refractivity contribution in [2.75, 3.05) is 18.1 Å². The van der Waals surface area contributed by atoms with E-state index in [9.17, 15) is 18.5 Å². The molecule has 1 atom stereocenters. The number of anilines is 1. The molecule has 3 N–H and O–H groups in total. The SMILES string of the molecule is CCCCC(CN)Nc1cccc(S(C)(=O)=O)c1[N+](=O)[O-]. The van der Waals surface area contributed by atoms with Crippen LogP contribution in [-0.4, -0.2) is 32.2 Å². The van der Waals surface area contributed by atoms with Crippen molar-refractivity contribution in [2.45, 2.75) is 37.1 Å². The molecule has 0 saturated heterocycles. The average Bonchev–Trinajstić information content (AvgIpc) is 2.41. The third-order valence-electron chi connectivity index (χ3n) is 3.13. The molecule has 1 aromatic rings. The van der Waals surface area contributed by atoms with Crippen LogP contribution in [0.5, 0.6) is 0 Å². The second-order valence-electron chi connectivity index (χ2n) is 4.90. The van der Waals surface area contributed by atoms with Crippen LogP contribution < -0.4 is 11.1 Å². The topological polar surface area (TPSA) is 115 Å². The molecular formula is C13H21N3O4S. The highest BCUT2D eigenvalue weighted by Gasteiger charge is 2.26. The monoisotopic (exact) mass is 315 g/mol. The Kier molecular flexibility index (Phi) is 6.10. The number of hydrogen-bond acceptors (Lipinski definition) is 6. The van der Waals surface area contributed by atoms with E-state index in [1.165, 1.54) is 18.2 Å². The molecule has 0 spiro atoms. The summed E-state index contributed by atoms with van der Waals surface area (Å²) in [5.74, 6) is 0. The van der Waals surface area contributed by atoms with E-state index < -0.39 is 20.4 Å². The van der Waals surface area contributed by atoms with Gasteiger partial charge < -0.3 is 11.1 Å². The number of benzene rings is 1. The Balaban J connectivity index is 3.21. The molecule has 0 fully saturated rings. The Hall–Kier alpha value is -1.67. The van der Waals surface area contributed by atoms with Crippen LogP contribution >= 0.6 is 0 Å². The Morgan fingerprint density at radius 2 is 2.10 bits per heavy atom. The fraction of sp³-hybridized carbons (Fsp3) is 0.538. The molecule has 1 rings (SSSR count). The lowest BCUT2D eigenvalue weighted by Gasteiger charge is -2.18. The van der Waals surface area contributed by atoms with Gasteiger partial charge in [-0.3, -0.25) is 10.1 Å². The third-order valence-corrected chi connectivity index (χ3v) is 4.26. The number of nitro benzene ring substituents is 1. The maximum absolute atomic E-state index is 11.7. The van der Waals surface area contributed by atoms with Crippen LogP contribution in [0, 0.1) is 10.1 Å². The van der Waals surface area contributed by atoms with E-state index in [4.69, 9.17) is 5.73 Å². The first-order valence-electron chi connectivity index (χ1n) is 6.75. The van der Waals surface area contributed by atoms with Crippen LogP contribution in [0.2, 0.25) is 0 Å². The summed E-state index contributed by atoms with van der Waals surface area (Å²) in [4.78, 5) is 10.3. The fourth-order valence-electron chi connectivity index (χ4n) is 2.05. The van der Waals surface area contributed by atoms with E-state index in [-0.39, 0.29) is 16.6 Å². The molecule has 0 aliphatic carbocycles. The van der Waals surface area contributed by atoms with Gasteiger partial charge in [-0.25, -0.2) is 8.42 Å². The highest BCUT2D eigenvalue weighted by atomic mass is 32.2. The minimum absolute atomic E-state index is 0.126. The van der Waals surface area contributed by atoms with Gasteiger partial charge in [-0.15, -0.1) is 0 Å². The summed E-state index contributed by atoms with van der Waals surface area (Å²) in [5.41, 5.74) is 5.43. The molecule has 21 heavy (non-hydrogen) atoms. The van der Waals surface area contributed by atoms with Gasteiger partial charge in [-0.1, -0.05) is 25.8 Å².